The number of hydrogen-bond acceptors (Lipinski definition) is 2. The average Bonchev–Trinajstić information content (AvgIpc) is 3.32. The maximum atomic E-state index is 12.8. The zero-order valence-electron chi connectivity index (χ0n) is 17.4. The van der Waals surface area contributed by atoms with E-state index in [1.807, 2.05) is 24.3 Å². The number of allylic oxidation sites excluding steroid dienone is 2. The van der Waals surface area contributed by atoms with Crippen molar-refractivity contribution in [3.63, 3.8) is 0 Å². The van der Waals surface area contributed by atoms with Crippen molar-refractivity contribution in [3.8, 4) is 11.1 Å². The third-order valence-electron chi connectivity index (χ3n) is 6.58. The topological polar surface area (TPSA) is 26.3 Å². The van der Waals surface area contributed by atoms with Crippen molar-refractivity contribution < 1.29 is 22.7 Å². The van der Waals surface area contributed by atoms with Crippen molar-refractivity contribution in [1.29, 1.82) is 0 Å². The lowest BCUT2D eigenvalue weighted by atomic mass is 9.93. The number of carbonyl (C=O) groups is 1. The fourth-order valence-electron chi connectivity index (χ4n) is 4.70. The highest BCUT2D eigenvalue weighted by molar-refractivity contribution is 6.30. The lowest BCUT2D eigenvalue weighted by Crippen LogP contribution is -2.12. The number of hydrogen-bond donors (Lipinski definition) is 0. The first-order valence-electron chi connectivity index (χ1n) is 10.4. The molecule has 2 aliphatic rings. The Bertz CT molecular complexity index is 1040. The van der Waals surface area contributed by atoms with Gasteiger partial charge in [0.15, 0.2) is 0 Å². The lowest BCUT2D eigenvalue weighted by molar-refractivity contribution is -0.147. The van der Waals surface area contributed by atoms with Gasteiger partial charge in [0.25, 0.3) is 0 Å². The Morgan fingerprint density at radius 1 is 1.13 bits per heavy atom. The van der Waals surface area contributed by atoms with E-state index in [2.05, 4.69) is 18.2 Å². The van der Waals surface area contributed by atoms with Gasteiger partial charge in [0.2, 0.25) is 0 Å². The summed E-state index contributed by atoms with van der Waals surface area (Å²) in [5, 5.41) is -1.19. The van der Waals surface area contributed by atoms with Crippen LogP contribution >= 0.6 is 11.6 Å². The molecule has 0 saturated heterocycles. The van der Waals surface area contributed by atoms with Crippen molar-refractivity contribution in [2.75, 3.05) is 0 Å². The van der Waals surface area contributed by atoms with Gasteiger partial charge in [-0.25, -0.2) is 0 Å². The molecule has 0 bridgehead atoms. The summed E-state index contributed by atoms with van der Waals surface area (Å²) in [5.41, 5.74) is 5.18. The van der Waals surface area contributed by atoms with Gasteiger partial charge in [0.1, 0.15) is 11.6 Å². The molecule has 0 heterocycles. The molecule has 4 rings (SSSR count). The van der Waals surface area contributed by atoms with Gasteiger partial charge in [0.05, 0.1) is 5.92 Å². The molecule has 0 aromatic heterocycles. The van der Waals surface area contributed by atoms with Crippen LogP contribution in [0.25, 0.3) is 11.1 Å². The monoisotopic (exact) mass is 448 g/mol. The van der Waals surface area contributed by atoms with Crippen LogP contribution in [0.1, 0.15) is 37.0 Å². The molecule has 2 nitrogen and oxygen atoms in total. The lowest BCUT2D eigenvalue weighted by Gasteiger charge is -2.14. The Labute approximate surface area is 185 Å². The van der Waals surface area contributed by atoms with Gasteiger partial charge in [-0.05, 0) is 58.4 Å². The second-order valence-corrected chi connectivity index (χ2v) is 9.31. The van der Waals surface area contributed by atoms with Crippen LogP contribution in [-0.4, -0.2) is 12.1 Å². The molecule has 164 valence electrons. The number of alkyl halides is 3. The van der Waals surface area contributed by atoms with E-state index >= 15 is 0 Å². The van der Waals surface area contributed by atoms with Crippen molar-refractivity contribution in [3.05, 3.63) is 70.3 Å². The molecule has 2 aliphatic carbocycles. The summed E-state index contributed by atoms with van der Waals surface area (Å²) in [6.07, 6.45) is -0.771. The number of benzene rings is 2. The normalized spacial score (nSPS) is 22.2. The average molecular weight is 449 g/mol. The standard InChI is InChI=1S/C25H24ClF3O2/c1-24(2)20(13-21(26)25(27,28)29)22(24)23(30)31-14-16-9-6-12-19-17-10-4-3-7-15(17)8-5-11-18(16)19/h3-4,6-7,9-10,12-13,20,22H,5,8,11,14H2,1-2H3/t20-,22-/m1/s1. The van der Waals surface area contributed by atoms with Gasteiger partial charge in [-0.3, -0.25) is 4.79 Å². The molecule has 2 aromatic rings. The highest BCUT2D eigenvalue weighted by Gasteiger charge is 2.62. The van der Waals surface area contributed by atoms with Crippen LogP contribution in [0.4, 0.5) is 13.2 Å². The van der Waals surface area contributed by atoms with Crippen molar-refractivity contribution in [2.45, 2.75) is 45.9 Å². The fraction of sp³-hybridized carbons (Fsp3) is 0.400. The predicted octanol–water partition coefficient (Wildman–Crippen LogP) is 6.84. The van der Waals surface area contributed by atoms with E-state index in [9.17, 15) is 18.0 Å². The van der Waals surface area contributed by atoms with E-state index in [0.29, 0.717) is 0 Å². The van der Waals surface area contributed by atoms with Gasteiger partial charge >= 0.3 is 12.1 Å². The Morgan fingerprint density at radius 3 is 2.58 bits per heavy atom. The fourth-order valence-corrected chi connectivity index (χ4v) is 4.84. The number of ether oxygens (including phenoxy) is 1. The van der Waals surface area contributed by atoms with Crippen LogP contribution in [0.15, 0.2) is 53.6 Å². The van der Waals surface area contributed by atoms with Crippen LogP contribution in [0.5, 0.6) is 0 Å². The molecule has 2 atom stereocenters. The van der Waals surface area contributed by atoms with Gasteiger partial charge in [-0.15, -0.1) is 0 Å². The minimum absolute atomic E-state index is 0.111. The van der Waals surface area contributed by atoms with Gasteiger partial charge in [0, 0.05) is 0 Å². The zero-order valence-corrected chi connectivity index (χ0v) is 18.2. The first-order chi connectivity index (χ1) is 14.6. The molecule has 31 heavy (non-hydrogen) atoms. The van der Waals surface area contributed by atoms with Crippen molar-refractivity contribution in [1.82, 2.24) is 0 Å². The SMILES string of the molecule is CC1(C)[C@H](C=C(Cl)C(F)(F)F)[C@@H]1C(=O)OCc1cccc2c1CCCc1ccccc1-2. The van der Waals surface area contributed by atoms with Crippen LogP contribution in [-0.2, 0) is 29.0 Å². The summed E-state index contributed by atoms with van der Waals surface area (Å²) in [5.74, 6) is -1.70. The van der Waals surface area contributed by atoms with Crippen molar-refractivity contribution in [2.24, 2.45) is 17.3 Å². The molecular formula is C25H24ClF3O2. The van der Waals surface area contributed by atoms with E-state index in [4.69, 9.17) is 16.3 Å². The zero-order chi connectivity index (χ0) is 22.4. The predicted molar refractivity (Wildman–Crippen MR) is 114 cm³/mol. The van der Waals surface area contributed by atoms with Crippen LogP contribution < -0.4 is 0 Å². The summed E-state index contributed by atoms with van der Waals surface area (Å²) < 4.78 is 43.9. The maximum absolute atomic E-state index is 12.8. The van der Waals surface area contributed by atoms with Crippen LogP contribution in [0, 0.1) is 17.3 Å². The van der Waals surface area contributed by atoms with Gasteiger partial charge in [-0.1, -0.05) is 74.0 Å². The quantitative estimate of drug-likeness (QED) is 0.478. The Balaban J connectivity index is 1.51. The number of carbonyl (C=O) groups excluding carboxylic acids is 1. The number of aryl methyl sites for hydroxylation is 1. The molecule has 1 fully saturated rings. The summed E-state index contributed by atoms with van der Waals surface area (Å²) in [4.78, 5) is 12.7. The van der Waals surface area contributed by atoms with Gasteiger partial charge in [-0.2, -0.15) is 13.2 Å². The van der Waals surface area contributed by atoms with Gasteiger partial charge < -0.3 is 4.74 Å². The molecule has 0 unspecified atom stereocenters. The Hall–Kier alpha value is -2.27. The molecule has 0 spiro atoms. The largest absolute Gasteiger partial charge is 0.461 e. The minimum atomic E-state index is -4.60. The van der Waals surface area contributed by atoms with E-state index in [-0.39, 0.29) is 6.61 Å². The first-order valence-corrected chi connectivity index (χ1v) is 10.8. The molecule has 0 amide bonds. The van der Waals surface area contributed by atoms with E-state index in [0.717, 1.165) is 36.5 Å². The van der Waals surface area contributed by atoms with Crippen molar-refractivity contribution >= 4 is 17.6 Å². The second kappa shape index (κ2) is 8.01. The highest BCUT2D eigenvalue weighted by Crippen LogP contribution is 2.60. The summed E-state index contributed by atoms with van der Waals surface area (Å²) in [6.45, 7) is 3.62. The van der Waals surface area contributed by atoms with Crippen LogP contribution in [0.3, 0.4) is 0 Å². The molecule has 0 aliphatic heterocycles. The van der Waals surface area contributed by atoms with Crippen LogP contribution in [0.2, 0.25) is 0 Å². The number of esters is 1. The molecule has 2 aromatic carbocycles. The second-order valence-electron chi connectivity index (χ2n) is 8.90. The molecule has 0 N–H and O–H groups in total. The summed E-state index contributed by atoms with van der Waals surface area (Å²) in [6, 6.07) is 14.3. The minimum Gasteiger partial charge on any atom is -0.461 e. The molecule has 6 heteroatoms. The highest BCUT2D eigenvalue weighted by atomic mass is 35.5. The third kappa shape index (κ3) is 4.25. The van der Waals surface area contributed by atoms with E-state index in [1.165, 1.54) is 16.7 Å². The third-order valence-corrected chi connectivity index (χ3v) is 6.92. The molecular weight excluding hydrogens is 425 g/mol. The Morgan fingerprint density at radius 2 is 1.84 bits per heavy atom. The molecule has 0 radical (unpaired) electrons. The first kappa shape index (κ1) is 21.9. The maximum Gasteiger partial charge on any atom is 0.426 e. The summed E-state index contributed by atoms with van der Waals surface area (Å²) >= 11 is 5.38. The van der Waals surface area contributed by atoms with E-state index < -0.39 is 34.4 Å². The number of fused-ring (bicyclic) bond motifs is 3. The number of halogens is 4. The smallest absolute Gasteiger partial charge is 0.426 e. The molecule has 1 saturated carbocycles. The summed E-state index contributed by atoms with van der Waals surface area (Å²) in [7, 11) is 0. The Kier molecular flexibility index (Phi) is 5.67. The van der Waals surface area contributed by atoms with E-state index in [1.54, 1.807) is 13.8 Å². The number of rotatable bonds is 4.